The molecule has 3 aromatic rings. The number of halogens is 2. The SMILES string of the molecule is CNC(=O)C(Cc1ccccc1)N(Cc1ccc(Cl)cc1Cl)C(=O)CCCN(c1ccccc1OC)S(C)(=O)=O. The highest BCUT2D eigenvalue weighted by molar-refractivity contribution is 7.92. The summed E-state index contributed by atoms with van der Waals surface area (Å²) < 4.78 is 31.9. The van der Waals surface area contributed by atoms with E-state index >= 15 is 0 Å². The Labute approximate surface area is 245 Å². The number of methoxy groups -OCH3 is 1. The van der Waals surface area contributed by atoms with Crippen molar-refractivity contribution >= 4 is 50.7 Å². The third kappa shape index (κ3) is 8.36. The van der Waals surface area contributed by atoms with Gasteiger partial charge in [0.05, 0.1) is 19.1 Å². The largest absolute Gasteiger partial charge is 0.495 e. The average Bonchev–Trinajstić information content (AvgIpc) is 2.93. The number of anilines is 1. The molecule has 40 heavy (non-hydrogen) atoms. The van der Waals surface area contributed by atoms with Crippen LogP contribution in [0.4, 0.5) is 5.69 Å². The molecule has 0 aliphatic carbocycles. The van der Waals surface area contributed by atoms with Crippen molar-refractivity contribution in [3.05, 3.63) is 94.0 Å². The number of sulfonamides is 1. The van der Waals surface area contributed by atoms with Gasteiger partial charge >= 0.3 is 0 Å². The van der Waals surface area contributed by atoms with Gasteiger partial charge in [-0.1, -0.05) is 71.7 Å². The molecule has 0 saturated carbocycles. The number of amides is 2. The molecule has 1 atom stereocenters. The summed E-state index contributed by atoms with van der Waals surface area (Å²) in [4.78, 5) is 28.3. The van der Waals surface area contributed by atoms with Crippen molar-refractivity contribution in [2.24, 2.45) is 0 Å². The summed E-state index contributed by atoms with van der Waals surface area (Å²) in [6.07, 6.45) is 1.60. The second-order valence-electron chi connectivity index (χ2n) is 9.19. The van der Waals surface area contributed by atoms with E-state index < -0.39 is 16.1 Å². The lowest BCUT2D eigenvalue weighted by Gasteiger charge is -2.32. The fourth-order valence-corrected chi connectivity index (χ4v) is 5.81. The maximum Gasteiger partial charge on any atom is 0.242 e. The molecular weight excluding hydrogens is 573 g/mol. The van der Waals surface area contributed by atoms with E-state index in [-0.39, 0.29) is 44.2 Å². The fourth-order valence-electron chi connectivity index (χ4n) is 4.37. The molecule has 0 fully saturated rings. The number of carbonyl (C=O) groups is 2. The first-order valence-corrected chi connectivity index (χ1v) is 15.2. The van der Waals surface area contributed by atoms with Crippen molar-refractivity contribution in [2.45, 2.75) is 31.8 Å². The van der Waals surface area contributed by atoms with Gasteiger partial charge in [0, 0.05) is 43.0 Å². The number of carbonyl (C=O) groups excluding carboxylic acids is 2. The van der Waals surface area contributed by atoms with Gasteiger partial charge in [-0.05, 0) is 41.8 Å². The molecule has 3 aromatic carbocycles. The minimum atomic E-state index is -3.67. The molecule has 2 amide bonds. The number of hydrogen-bond donors (Lipinski definition) is 1. The van der Waals surface area contributed by atoms with Crippen LogP contribution in [0.1, 0.15) is 24.0 Å². The van der Waals surface area contributed by atoms with Gasteiger partial charge in [0.15, 0.2) is 0 Å². The third-order valence-electron chi connectivity index (χ3n) is 6.38. The van der Waals surface area contributed by atoms with Crippen LogP contribution in [0.2, 0.25) is 10.0 Å². The summed E-state index contributed by atoms with van der Waals surface area (Å²) in [6, 6.07) is 20.4. The van der Waals surface area contributed by atoms with Crippen molar-refractivity contribution in [3.63, 3.8) is 0 Å². The zero-order valence-electron chi connectivity index (χ0n) is 22.6. The summed E-state index contributed by atoms with van der Waals surface area (Å²) in [5.74, 6) is -0.237. The van der Waals surface area contributed by atoms with Crippen LogP contribution in [0.5, 0.6) is 5.75 Å². The predicted molar refractivity (Wildman–Crippen MR) is 159 cm³/mol. The number of nitrogens with one attached hydrogen (secondary N) is 1. The van der Waals surface area contributed by atoms with Gasteiger partial charge in [0.1, 0.15) is 11.8 Å². The Morgan fingerprint density at radius 1 is 1.00 bits per heavy atom. The molecule has 8 nitrogen and oxygen atoms in total. The van der Waals surface area contributed by atoms with Gasteiger partial charge in [-0.15, -0.1) is 0 Å². The van der Waals surface area contributed by atoms with E-state index in [1.165, 1.54) is 23.4 Å². The summed E-state index contributed by atoms with van der Waals surface area (Å²) >= 11 is 12.5. The highest BCUT2D eigenvalue weighted by atomic mass is 35.5. The predicted octanol–water partition coefficient (Wildman–Crippen LogP) is 4.93. The third-order valence-corrected chi connectivity index (χ3v) is 8.15. The number of para-hydroxylation sites is 2. The van der Waals surface area contributed by atoms with E-state index in [9.17, 15) is 18.0 Å². The molecule has 0 radical (unpaired) electrons. The lowest BCUT2D eigenvalue weighted by molar-refractivity contribution is -0.141. The molecule has 0 spiro atoms. The Kier molecular flexibility index (Phi) is 11.2. The van der Waals surface area contributed by atoms with Gasteiger partial charge in [-0.25, -0.2) is 8.42 Å². The summed E-state index contributed by atoms with van der Waals surface area (Å²) in [5, 5.41) is 3.50. The van der Waals surface area contributed by atoms with Crippen molar-refractivity contribution < 1.29 is 22.7 Å². The highest BCUT2D eigenvalue weighted by Crippen LogP contribution is 2.30. The molecule has 0 aromatic heterocycles. The molecule has 0 bridgehead atoms. The fraction of sp³-hybridized carbons (Fsp3) is 0.310. The van der Waals surface area contributed by atoms with Crippen LogP contribution >= 0.6 is 23.2 Å². The molecule has 11 heteroatoms. The monoisotopic (exact) mass is 605 g/mol. The number of rotatable bonds is 13. The molecule has 3 rings (SSSR count). The highest BCUT2D eigenvalue weighted by Gasteiger charge is 2.30. The number of benzene rings is 3. The van der Waals surface area contributed by atoms with Crippen molar-refractivity contribution in [3.8, 4) is 5.75 Å². The molecular formula is C29H33Cl2N3O5S. The van der Waals surface area contributed by atoms with Crippen molar-refractivity contribution in [2.75, 3.05) is 31.3 Å². The van der Waals surface area contributed by atoms with Crippen LogP contribution in [-0.2, 0) is 32.6 Å². The first kappa shape index (κ1) is 31.3. The number of hydrogen-bond acceptors (Lipinski definition) is 5. The van der Waals surface area contributed by atoms with Gasteiger partial charge in [-0.2, -0.15) is 0 Å². The lowest BCUT2D eigenvalue weighted by atomic mass is 10.0. The number of likely N-dealkylation sites (N-methyl/N-ethyl adjacent to an activating group) is 1. The zero-order chi connectivity index (χ0) is 29.3. The Balaban J connectivity index is 1.89. The van der Waals surface area contributed by atoms with Gasteiger partial charge < -0.3 is 15.0 Å². The lowest BCUT2D eigenvalue weighted by Crippen LogP contribution is -2.49. The minimum absolute atomic E-state index is 0.00530. The second-order valence-corrected chi connectivity index (χ2v) is 11.9. The van der Waals surface area contributed by atoms with E-state index in [0.29, 0.717) is 27.0 Å². The van der Waals surface area contributed by atoms with E-state index in [0.717, 1.165) is 11.8 Å². The van der Waals surface area contributed by atoms with Crippen molar-refractivity contribution in [1.82, 2.24) is 10.2 Å². The Morgan fingerprint density at radius 3 is 2.30 bits per heavy atom. The number of nitrogens with zero attached hydrogens (tertiary/aromatic N) is 2. The van der Waals surface area contributed by atoms with E-state index in [1.807, 2.05) is 30.3 Å². The number of ether oxygens (including phenoxy) is 1. The van der Waals surface area contributed by atoms with Crippen LogP contribution in [0.3, 0.4) is 0 Å². The quantitative estimate of drug-likeness (QED) is 0.298. The maximum absolute atomic E-state index is 13.8. The van der Waals surface area contributed by atoms with Crippen LogP contribution in [-0.4, -0.2) is 58.1 Å². The first-order valence-electron chi connectivity index (χ1n) is 12.6. The molecule has 214 valence electrons. The summed E-state index contributed by atoms with van der Waals surface area (Å²) in [5.41, 5.74) is 1.90. The Bertz CT molecular complexity index is 1420. The van der Waals surface area contributed by atoms with E-state index in [1.54, 1.807) is 42.5 Å². The smallest absolute Gasteiger partial charge is 0.242 e. The molecule has 0 aliphatic rings. The van der Waals surface area contributed by atoms with Crippen LogP contribution in [0.15, 0.2) is 72.8 Å². The molecule has 0 aliphatic heterocycles. The van der Waals surface area contributed by atoms with Crippen LogP contribution < -0.4 is 14.4 Å². The standard InChI is InChI=1S/C29H33Cl2N3O5S/c1-32-29(36)26(18-21-10-5-4-6-11-21)33(20-22-15-16-23(30)19-24(22)31)28(35)14-9-17-34(40(3,37)38)25-12-7-8-13-27(25)39-2/h4-8,10-13,15-16,19,26H,9,14,17-18,20H2,1-3H3,(H,32,36). The second kappa shape index (κ2) is 14.4. The van der Waals surface area contributed by atoms with Crippen LogP contribution in [0.25, 0.3) is 0 Å². The van der Waals surface area contributed by atoms with E-state index in [4.69, 9.17) is 27.9 Å². The summed E-state index contributed by atoms with van der Waals surface area (Å²) in [7, 11) is -0.677. The van der Waals surface area contributed by atoms with Gasteiger partial charge in [0.25, 0.3) is 0 Å². The zero-order valence-corrected chi connectivity index (χ0v) is 25.0. The molecule has 0 heterocycles. The topological polar surface area (TPSA) is 96.0 Å². The normalized spacial score (nSPS) is 11.9. The average molecular weight is 607 g/mol. The summed E-state index contributed by atoms with van der Waals surface area (Å²) in [6.45, 7) is 0.117. The minimum Gasteiger partial charge on any atom is -0.495 e. The van der Waals surface area contributed by atoms with Gasteiger partial charge in [0.2, 0.25) is 21.8 Å². The van der Waals surface area contributed by atoms with E-state index in [2.05, 4.69) is 5.32 Å². The van der Waals surface area contributed by atoms with Gasteiger partial charge in [-0.3, -0.25) is 13.9 Å². The molecule has 1 unspecified atom stereocenters. The first-order chi connectivity index (χ1) is 19.0. The Morgan fingerprint density at radius 2 is 1.68 bits per heavy atom. The van der Waals surface area contributed by atoms with Crippen LogP contribution in [0, 0.1) is 0 Å². The molecule has 0 saturated heterocycles. The maximum atomic E-state index is 13.8. The van der Waals surface area contributed by atoms with Crippen molar-refractivity contribution in [1.29, 1.82) is 0 Å². The Hall–Kier alpha value is -3.27. The molecule has 1 N–H and O–H groups in total.